The van der Waals surface area contributed by atoms with Crippen molar-refractivity contribution < 1.29 is 38.2 Å². The van der Waals surface area contributed by atoms with Crippen LogP contribution >= 0.6 is 0 Å². The highest BCUT2D eigenvalue weighted by molar-refractivity contribution is 6.03. The average molecular weight is 723 g/mol. The van der Waals surface area contributed by atoms with E-state index in [-0.39, 0.29) is 31.6 Å². The number of ether oxygens (including phenoxy) is 2. The van der Waals surface area contributed by atoms with Gasteiger partial charge in [0, 0.05) is 12.6 Å². The zero-order chi connectivity index (χ0) is 39.1. The van der Waals surface area contributed by atoms with Gasteiger partial charge in [-0.3, -0.25) is 24.0 Å². The Kier molecular flexibility index (Phi) is 16.5. The molecule has 3 unspecified atom stereocenters. The number of nitrogens with zero attached hydrogens (tertiary/aromatic N) is 1. The Balaban J connectivity index is 2.41. The fraction of sp³-hybridized carbons (Fsp3) is 0.500. The van der Waals surface area contributed by atoms with Crippen LogP contribution in [0.5, 0.6) is 0 Å². The van der Waals surface area contributed by atoms with Crippen molar-refractivity contribution in [3.05, 3.63) is 71.8 Å². The van der Waals surface area contributed by atoms with Crippen LogP contribution in [0.15, 0.2) is 65.8 Å². The summed E-state index contributed by atoms with van der Waals surface area (Å²) in [6.45, 7) is 13.9. The van der Waals surface area contributed by atoms with Gasteiger partial charge >= 0.3 is 18.0 Å². The van der Waals surface area contributed by atoms with Crippen LogP contribution in [-0.2, 0) is 33.4 Å². The maximum Gasteiger partial charge on any atom is 0.332 e. The van der Waals surface area contributed by atoms with Crippen LogP contribution in [0.1, 0.15) is 98.2 Å². The molecule has 14 nitrogen and oxygen atoms in total. The molecule has 5 amide bonds. The average Bonchev–Trinajstić information content (AvgIpc) is 3.02. The first-order valence-corrected chi connectivity index (χ1v) is 17.3. The van der Waals surface area contributed by atoms with Crippen LogP contribution in [0, 0.1) is 11.8 Å². The second-order valence-corrected chi connectivity index (χ2v) is 14.8. The second kappa shape index (κ2) is 19.9. The Morgan fingerprint density at radius 3 is 1.71 bits per heavy atom. The molecule has 0 spiro atoms. The number of urea groups is 1. The largest absolute Gasteiger partial charge is 0.460 e. The zero-order valence-corrected chi connectivity index (χ0v) is 31.4. The number of esters is 2. The lowest BCUT2D eigenvalue weighted by Gasteiger charge is -2.27. The number of amides is 5. The Labute approximate surface area is 306 Å². The van der Waals surface area contributed by atoms with Crippen LogP contribution in [0.25, 0.3) is 0 Å². The van der Waals surface area contributed by atoms with Crippen molar-refractivity contribution in [2.75, 3.05) is 0 Å². The van der Waals surface area contributed by atoms with Crippen molar-refractivity contribution >= 4 is 41.9 Å². The van der Waals surface area contributed by atoms with Gasteiger partial charge in [0.05, 0.1) is 18.5 Å². The monoisotopic (exact) mass is 722 g/mol. The molecular weight excluding hydrogens is 668 g/mol. The molecule has 14 heteroatoms. The number of carbonyl (C=O) groups excluding carboxylic acids is 6. The van der Waals surface area contributed by atoms with Crippen molar-refractivity contribution in [3.63, 3.8) is 0 Å². The van der Waals surface area contributed by atoms with Crippen molar-refractivity contribution in [2.24, 2.45) is 22.7 Å². The molecule has 0 aliphatic rings. The quantitative estimate of drug-likeness (QED) is 0.0696. The maximum atomic E-state index is 14.0. The summed E-state index contributed by atoms with van der Waals surface area (Å²) >= 11 is 0. The number of benzene rings is 2. The first-order valence-electron chi connectivity index (χ1n) is 17.3. The molecule has 284 valence electrons. The van der Waals surface area contributed by atoms with Crippen molar-refractivity contribution in [1.29, 1.82) is 0 Å². The lowest BCUT2D eigenvalue weighted by molar-refractivity contribution is -0.156. The normalized spacial score (nSPS) is 13.5. The molecule has 0 aliphatic heterocycles. The molecule has 0 heterocycles. The molecule has 2 aromatic rings. The van der Waals surface area contributed by atoms with Gasteiger partial charge in [0.15, 0.2) is 0 Å². The zero-order valence-electron chi connectivity index (χ0n) is 31.4. The Bertz CT molecular complexity index is 1490. The van der Waals surface area contributed by atoms with Gasteiger partial charge in [0.1, 0.15) is 23.2 Å². The van der Waals surface area contributed by atoms with E-state index in [1.165, 1.54) is 0 Å². The summed E-state index contributed by atoms with van der Waals surface area (Å²) in [5, 5.41) is 12.1. The number of primary amides is 1. The van der Waals surface area contributed by atoms with Gasteiger partial charge in [-0.15, -0.1) is 0 Å². The summed E-state index contributed by atoms with van der Waals surface area (Å²) in [4.78, 5) is 78.3. The predicted octanol–water partition coefficient (Wildman–Crippen LogP) is 4.03. The second-order valence-electron chi connectivity index (χ2n) is 14.8. The molecule has 0 aliphatic carbocycles. The Hall–Kier alpha value is -5.27. The topological polar surface area (TPSA) is 207 Å². The number of hydrogen-bond donors (Lipinski definition) is 5. The van der Waals surface area contributed by atoms with Gasteiger partial charge in [0.2, 0.25) is 17.7 Å². The number of hydrogen-bond acceptors (Lipinski definition) is 9. The summed E-state index contributed by atoms with van der Waals surface area (Å²) in [6, 6.07) is 14.7. The first kappa shape index (κ1) is 42.9. The number of nitrogens with one attached hydrogen (secondary N) is 4. The van der Waals surface area contributed by atoms with E-state index in [0.29, 0.717) is 0 Å². The summed E-state index contributed by atoms with van der Waals surface area (Å²) < 4.78 is 10.8. The number of hydrazone groups is 1. The summed E-state index contributed by atoms with van der Waals surface area (Å²) in [7, 11) is 0. The molecular formula is C38H54N6O8. The third-order valence-corrected chi connectivity index (χ3v) is 7.15. The maximum absolute atomic E-state index is 14.0. The molecule has 2 aromatic carbocycles. The van der Waals surface area contributed by atoms with Crippen LogP contribution in [0.4, 0.5) is 4.79 Å². The van der Waals surface area contributed by atoms with Crippen LogP contribution < -0.4 is 27.1 Å². The third kappa shape index (κ3) is 16.6. The van der Waals surface area contributed by atoms with Gasteiger partial charge in [-0.05, 0) is 71.4 Å². The minimum Gasteiger partial charge on any atom is -0.460 e. The van der Waals surface area contributed by atoms with Crippen molar-refractivity contribution in [3.8, 4) is 0 Å². The van der Waals surface area contributed by atoms with Gasteiger partial charge in [-0.25, -0.2) is 10.2 Å². The predicted molar refractivity (Wildman–Crippen MR) is 196 cm³/mol. The molecule has 0 saturated heterocycles. The third-order valence-electron chi connectivity index (χ3n) is 7.15. The number of rotatable bonds is 17. The van der Waals surface area contributed by atoms with Crippen molar-refractivity contribution in [2.45, 2.75) is 110 Å². The van der Waals surface area contributed by atoms with E-state index in [9.17, 15) is 28.8 Å². The standard InChI is InChI=1S/C38H54N6O8/c1-24(2)21-28(33(47)41-27(23-40-44-36(39)50)22-31(46)52-38(6,7)8)34(48)42-29(19-20-30(45)51-37(3,4)5)35(49)43-32(25-15-11-9-12-16-25)26-17-13-10-14-18-26/h9-18,23-24,27-29,32H,19-22H2,1-8H3,(H,41,47)(H,42,48)(H,43,49)(H3,39,44,50)/b40-23+. The van der Waals surface area contributed by atoms with Crippen molar-refractivity contribution in [1.82, 2.24) is 21.4 Å². The van der Waals surface area contributed by atoms with E-state index < -0.39 is 70.9 Å². The molecule has 52 heavy (non-hydrogen) atoms. The molecule has 0 aromatic heterocycles. The highest BCUT2D eigenvalue weighted by Gasteiger charge is 2.34. The highest BCUT2D eigenvalue weighted by atomic mass is 16.6. The van der Waals surface area contributed by atoms with Gasteiger partial charge in [0.25, 0.3) is 0 Å². The van der Waals surface area contributed by atoms with Crippen LogP contribution in [0.2, 0.25) is 0 Å². The van der Waals surface area contributed by atoms with Gasteiger partial charge < -0.3 is 31.2 Å². The Morgan fingerprint density at radius 2 is 1.23 bits per heavy atom. The van der Waals surface area contributed by atoms with E-state index in [1.807, 2.05) is 79.9 Å². The van der Waals surface area contributed by atoms with Crippen LogP contribution in [0.3, 0.4) is 0 Å². The smallest absolute Gasteiger partial charge is 0.332 e. The molecule has 0 saturated carbocycles. The van der Waals surface area contributed by atoms with E-state index in [1.54, 1.807) is 41.5 Å². The molecule has 2 rings (SSSR count). The first-order chi connectivity index (χ1) is 24.2. The fourth-order valence-corrected chi connectivity index (χ4v) is 5.07. The molecule has 3 atom stereocenters. The molecule has 0 fully saturated rings. The highest BCUT2D eigenvalue weighted by Crippen LogP contribution is 2.23. The lowest BCUT2D eigenvalue weighted by Crippen LogP contribution is -2.53. The summed E-state index contributed by atoms with van der Waals surface area (Å²) in [6.07, 6.45) is 0.487. The fourth-order valence-electron chi connectivity index (χ4n) is 5.07. The van der Waals surface area contributed by atoms with Gasteiger partial charge in [-0.1, -0.05) is 74.5 Å². The van der Waals surface area contributed by atoms with E-state index in [0.717, 1.165) is 17.3 Å². The minimum absolute atomic E-state index is 0.0740. The summed E-state index contributed by atoms with van der Waals surface area (Å²) in [5.74, 6) is -4.81. The van der Waals surface area contributed by atoms with E-state index in [4.69, 9.17) is 15.2 Å². The Morgan fingerprint density at radius 1 is 0.731 bits per heavy atom. The SMILES string of the molecule is CC(C)CC(C(=O)NC(/C=N/NC(N)=O)CC(=O)OC(C)(C)C)C(=O)NC(CCC(=O)OC(C)(C)C)C(=O)NC(c1ccccc1)c1ccccc1. The van der Waals surface area contributed by atoms with E-state index >= 15 is 0 Å². The van der Waals surface area contributed by atoms with E-state index in [2.05, 4.69) is 21.1 Å². The van der Waals surface area contributed by atoms with Gasteiger partial charge in [-0.2, -0.15) is 5.10 Å². The molecule has 0 radical (unpaired) electrons. The minimum atomic E-state index is -1.32. The molecule has 6 N–H and O–H groups in total. The number of nitrogens with two attached hydrogens (primary N) is 1. The lowest BCUT2D eigenvalue weighted by atomic mass is 9.94. The van der Waals surface area contributed by atoms with Crippen LogP contribution in [-0.4, -0.2) is 65.2 Å². The summed E-state index contributed by atoms with van der Waals surface area (Å²) in [5.41, 5.74) is 7.10. The molecule has 0 bridgehead atoms. The number of carbonyl (C=O) groups is 6.